The molecule has 0 aliphatic carbocycles. The first-order valence-electron chi connectivity index (χ1n) is 9.34. The molecule has 0 aliphatic rings. The summed E-state index contributed by atoms with van der Waals surface area (Å²) in [6.07, 6.45) is 0.559. The van der Waals surface area contributed by atoms with E-state index in [4.69, 9.17) is 4.74 Å². The normalized spacial score (nSPS) is 11.3. The van der Waals surface area contributed by atoms with Crippen molar-refractivity contribution < 1.29 is 17.9 Å². The Hall–Kier alpha value is -2.75. The molecule has 2 aromatic carbocycles. The number of aryl methyl sites for hydroxylation is 1. The lowest BCUT2D eigenvalue weighted by molar-refractivity contribution is 0.103. The van der Waals surface area contributed by atoms with Gasteiger partial charge in [-0.2, -0.15) is 0 Å². The van der Waals surface area contributed by atoms with Gasteiger partial charge in [-0.3, -0.25) is 4.79 Å². The summed E-state index contributed by atoms with van der Waals surface area (Å²) in [5.41, 5.74) is 1.95. The van der Waals surface area contributed by atoms with E-state index in [2.05, 4.69) is 15.0 Å². The van der Waals surface area contributed by atoms with Crippen LogP contribution in [-0.2, 0) is 10.0 Å². The van der Waals surface area contributed by atoms with E-state index in [1.165, 1.54) is 30.6 Å². The summed E-state index contributed by atoms with van der Waals surface area (Å²) in [6, 6.07) is 13.7. The molecule has 3 aromatic rings. The summed E-state index contributed by atoms with van der Waals surface area (Å²) < 4.78 is 32.3. The molecular formula is C21H23N3O4S2. The fourth-order valence-electron chi connectivity index (χ4n) is 2.77. The van der Waals surface area contributed by atoms with Crippen LogP contribution < -0.4 is 14.8 Å². The van der Waals surface area contributed by atoms with E-state index in [9.17, 15) is 13.2 Å². The van der Waals surface area contributed by atoms with Gasteiger partial charge in [-0.1, -0.05) is 30.3 Å². The Morgan fingerprint density at radius 1 is 1.13 bits per heavy atom. The number of thiazole rings is 1. The molecule has 0 radical (unpaired) electrons. The average Bonchev–Trinajstić information content (AvgIpc) is 3.22. The third-order valence-corrected chi connectivity index (χ3v) is 6.66. The van der Waals surface area contributed by atoms with Gasteiger partial charge in [-0.05, 0) is 31.0 Å². The van der Waals surface area contributed by atoms with E-state index in [-0.39, 0.29) is 17.2 Å². The average molecular weight is 446 g/mol. The predicted molar refractivity (Wildman–Crippen MR) is 118 cm³/mol. The Morgan fingerprint density at radius 2 is 1.93 bits per heavy atom. The Morgan fingerprint density at radius 3 is 2.70 bits per heavy atom. The number of ketones is 1. The van der Waals surface area contributed by atoms with E-state index in [0.29, 0.717) is 35.1 Å². The van der Waals surface area contributed by atoms with Crippen molar-refractivity contribution in [3.63, 3.8) is 0 Å². The van der Waals surface area contributed by atoms with Crippen molar-refractivity contribution in [3.05, 3.63) is 70.7 Å². The number of nitrogens with zero attached hydrogens (tertiary/aromatic N) is 1. The van der Waals surface area contributed by atoms with E-state index >= 15 is 0 Å². The highest BCUT2D eigenvalue weighted by atomic mass is 32.2. The molecule has 3 rings (SSSR count). The Bertz CT molecular complexity index is 1130. The number of sulfonamides is 1. The van der Waals surface area contributed by atoms with Crippen molar-refractivity contribution in [2.75, 3.05) is 25.5 Å². The second-order valence-corrected chi connectivity index (χ2v) is 9.16. The van der Waals surface area contributed by atoms with Crippen LogP contribution in [0.2, 0.25) is 0 Å². The molecule has 158 valence electrons. The maximum Gasteiger partial charge on any atom is 0.240 e. The molecule has 0 aliphatic heterocycles. The third-order valence-electron chi connectivity index (χ3n) is 4.40. The number of methoxy groups -OCH3 is 1. The standard InChI is InChI=1S/C21H23N3O4S2/c1-15-7-3-4-10-18(15)20(25)19-14-29-21(24-19)22-11-6-12-23-30(26,27)17-9-5-8-16(13-17)28-2/h3-5,7-10,13-14,23H,6,11-12H2,1-2H3,(H,22,24). The fraction of sp³-hybridized carbons (Fsp3) is 0.238. The van der Waals surface area contributed by atoms with Gasteiger partial charge < -0.3 is 10.1 Å². The minimum absolute atomic E-state index is 0.108. The van der Waals surface area contributed by atoms with Gasteiger partial charge in [0.05, 0.1) is 12.0 Å². The summed E-state index contributed by atoms with van der Waals surface area (Å²) in [5.74, 6) is 0.378. The number of ether oxygens (including phenoxy) is 1. The van der Waals surface area contributed by atoms with Crippen molar-refractivity contribution in [2.45, 2.75) is 18.2 Å². The highest BCUT2D eigenvalue weighted by Crippen LogP contribution is 2.20. The maximum atomic E-state index is 12.6. The van der Waals surface area contributed by atoms with Crippen LogP contribution in [0.3, 0.4) is 0 Å². The minimum atomic E-state index is -3.60. The maximum absolute atomic E-state index is 12.6. The SMILES string of the molecule is COc1cccc(S(=O)(=O)NCCCNc2nc(C(=O)c3ccccc3C)cs2)c1. The zero-order chi connectivity index (χ0) is 21.6. The summed E-state index contributed by atoms with van der Waals surface area (Å²) in [7, 11) is -2.11. The van der Waals surface area contributed by atoms with Crippen molar-refractivity contribution in [3.8, 4) is 5.75 Å². The van der Waals surface area contributed by atoms with Crippen molar-refractivity contribution in [1.82, 2.24) is 9.71 Å². The fourth-order valence-corrected chi connectivity index (χ4v) is 4.59. The first-order valence-corrected chi connectivity index (χ1v) is 11.7. The predicted octanol–water partition coefficient (Wildman–Crippen LogP) is 3.47. The monoisotopic (exact) mass is 445 g/mol. The molecule has 0 fully saturated rings. The molecule has 30 heavy (non-hydrogen) atoms. The first kappa shape index (κ1) is 21.9. The lowest BCUT2D eigenvalue weighted by atomic mass is 10.0. The Kier molecular flexibility index (Phi) is 7.20. The first-order chi connectivity index (χ1) is 14.4. The number of carbonyl (C=O) groups excluding carboxylic acids is 1. The largest absolute Gasteiger partial charge is 0.497 e. The lowest BCUT2D eigenvalue weighted by Gasteiger charge is -2.08. The molecule has 1 aromatic heterocycles. The van der Waals surface area contributed by atoms with Gasteiger partial charge in [0.1, 0.15) is 11.4 Å². The van der Waals surface area contributed by atoms with Crippen molar-refractivity contribution in [1.29, 1.82) is 0 Å². The number of aromatic nitrogens is 1. The zero-order valence-corrected chi connectivity index (χ0v) is 18.3. The molecule has 2 N–H and O–H groups in total. The molecule has 0 spiro atoms. The van der Waals surface area contributed by atoms with Gasteiger partial charge in [0.2, 0.25) is 15.8 Å². The van der Waals surface area contributed by atoms with Gasteiger partial charge in [-0.15, -0.1) is 11.3 Å². The molecule has 0 saturated carbocycles. The van der Waals surface area contributed by atoms with Crippen LogP contribution in [0.5, 0.6) is 5.75 Å². The van der Waals surface area contributed by atoms with Crippen LogP contribution in [0.4, 0.5) is 5.13 Å². The summed E-state index contributed by atoms with van der Waals surface area (Å²) >= 11 is 1.35. The number of rotatable bonds is 10. The third kappa shape index (κ3) is 5.44. The Labute approximate surface area is 180 Å². The Balaban J connectivity index is 1.48. The van der Waals surface area contributed by atoms with Crippen LogP contribution in [0.15, 0.2) is 58.8 Å². The van der Waals surface area contributed by atoms with Crippen LogP contribution in [0.1, 0.15) is 28.0 Å². The van der Waals surface area contributed by atoms with Gasteiger partial charge in [0.15, 0.2) is 5.13 Å². The van der Waals surface area contributed by atoms with Gasteiger partial charge in [0.25, 0.3) is 0 Å². The smallest absolute Gasteiger partial charge is 0.240 e. The molecule has 0 bridgehead atoms. The molecule has 0 atom stereocenters. The minimum Gasteiger partial charge on any atom is -0.497 e. The van der Waals surface area contributed by atoms with Gasteiger partial charge in [-0.25, -0.2) is 18.1 Å². The van der Waals surface area contributed by atoms with Crippen LogP contribution in [0.25, 0.3) is 0 Å². The van der Waals surface area contributed by atoms with E-state index < -0.39 is 10.0 Å². The van der Waals surface area contributed by atoms with E-state index in [1.54, 1.807) is 23.6 Å². The molecule has 7 nitrogen and oxygen atoms in total. The van der Waals surface area contributed by atoms with Gasteiger partial charge >= 0.3 is 0 Å². The number of carbonyl (C=O) groups is 1. The molecule has 0 saturated heterocycles. The number of anilines is 1. The highest BCUT2D eigenvalue weighted by Gasteiger charge is 2.16. The second kappa shape index (κ2) is 9.84. The summed E-state index contributed by atoms with van der Waals surface area (Å²) in [6.45, 7) is 2.68. The topological polar surface area (TPSA) is 97.4 Å². The zero-order valence-electron chi connectivity index (χ0n) is 16.7. The number of hydrogen-bond donors (Lipinski definition) is 2. The highest BCUT2D eigenvalue weighted by molar-refractivity contribution is 7.89. The number of hydrogen-bond acceptors (Lipinski definition) is 7. The summed E-state index contributed by atoms with van der Waals surface area (Å²) in [4.78, 5) is 17.1. The van der Waals surface area contributed by atoms with Crippen LogP contribution >= 0.6 is 11.3 Å². The summed E-state index contributed by atoms with van der Waals surface area (Å²) in [5, 5.41) is 5.48. The van der Waals surface area contributed by atoms with E-state index in [1.807, 2.05) is 25.1 Å². The number of benzene rings is 2. The van der Waals surface area contributed by atoms with E-state index in [0.717, 1.165) is 5.56 Å². The van der Waals surface area contributed by atoms with Crippen molar-refractivity contribution in [2.24, 2.45) is 0 Å². The molecular weight excluding hydrogens is 422 g/mol. The quantitative estimate of drug-likeness (QED) is 0.366. The van der Waals surface area contributed by atoms with Crippen LogP contribution in [0, 0.1) is 6.92 Å². The van der Waals surface area contributed by atoms with Crippen LogP contribution in [-0.4, -0.2) is 39.4 Å². The molecule has 1 heterocycles. The van der Waals surface area contributed by atoms with Gasteiger partial charge in [0, 0.05) is 30.1 Å². The van der Waals surface area contributed by atoms with Crippen molar-refractivity contribution >= 4 is 32.3 Å². The second-order valence-electron chi connectivity index (χ2n) is 6.54. The molecule has 0 amide bonds. The molecule has 0 unspecified atom stereocenters. The molecule has 9 heteroatoms. The lowest BCUT2D eigenvalue weighted by Crippen LogP contribution is -2.26. The number of nitrogens with one attached hydrogen (secondary N) is 2.